The van der Waals surface area contributed by atoms with Gasteiger partial charge in [-0.15, -0.1) is 6.42 Å². The smallest absolute Gasteiger partial charge is 0.221 e. The van der Waals surface area contributed by atoms with Crippen molar-refractivity contribution in [2.45, 2.75) is 32.6 Å². The third-order valence-electron chi connectivity index (χ3n) is 5.18. The number of nitrogens with one attached hydrogen (secondary N) is 1. The van der Waals surface area contributed by atoms with Crippen molar-refractivity contribution in [1.82, 2.24) is 10.3 Å². The van der Waals surface area contributed by atoms with Crippen LogP contribution in [0.3, 0.4) is 0 Å². The number of amides is 1. The lowest BCUT2D eigenvalue weighted by Crippen LogP contribution is -2.27. The Balaban J connectivity index is 1.87. The van der Waals surface area contributed by atoms with Crippen LogP contribution in [-0.4, -0.2) is 29.0 Å². The zero-order chi connectivity index (χ0) is 21.1. The molecule has 1 aliphatic carbocycles. The number of ketones is 2. The van der Waals surface area contributed by atoms with Crippen LogP contribution in [0.4, 0.5) is 4.39 Å². The summed E-state index contributed by atoms with van der Waals surface area (Å²) in [7, 11) is 0. The Kier molecular flexibility index (Phi) is 5.88. The molecule has 2 atom stereocenters. The maximum atomic E-state index is 13.1. The number of aryl methyl sites for hydroxylation is 2. The Morgan fingerprint density at radius 2 is 1.97 bits per heavy atom. The molecule has 0 radical (unpaired) electrons. The third kappa shape index (κ3) is 4.24. The number of carbonyl (C=O) groups is 3. The van der Waals surface area contributed by atoms with E-state index in [1.165, 1.54) is 6.07 Å². The van der Waals surface area contributed by atoms with Gasteiger partial charge in [0.25, 0.3) is 0 Å². The molecule has 1 aromatic carbocycles. The zero-order valence-electron chi connectivity index (χ0n) is 16.3. The summed E-state index contributed by atoms with van der Waals surface area (Å²) in [6, 6.07) is 6.60. The number of rotatable bonds is 5. The molecule has 29 heavy (non-hydrogen) atoms. The van der Waals surface area contributed by atoms with Crippen LogP contribution < -0.4 is 5.32 Å². The van der Waals surface area contributed by atoms with E-state index in [-0.39, 0.29) is 36.9 Å². The molecular formula is C23H21FN2O3. The SMILES string of the molecule is C#CCNC(=O)CC1CC(=O)C(c2c(C)cc(-c3ccc(F)cn3)cc2C)C1=O. The van der Waals surface area contributed by atoms with Gasteiger partial charge in [-0.1, -0.05) is 5.92 Å². The van der Waals surface area contributed by atoms with Crippen LogP contribution in [0.15, 0.2) is 30.5 Å². The second-order valence-corrected chi connectivity index (χ2v) is 7.27. The topological polar surface area (TPSA) is 76.1 Å². The Labute approximate surface area is 168 Å². The van der Waals surface area contributed by atoms with Crippen LogP contribution in [0.2, 0.25) is 0 Å². The number of benzene rings is 1. The minimum atomic E-state index is -0.865. The number of carbonyl (C=O) groups excluding carboxylic acids is 3. The van der Waals surface area contributed by atoms with Gasteiger partial charge in [-0.2, -0.15) is 0 Å². The van der Waals surface area contributed by atoms with Gasteiger partial charge in [-0.3, -0.25) is 19.4 Å². The minimum Gasteiger partial charge on any atom is -0.345 e. The fraction of sp³-hybridized carbons (Fsp3) is 0.304. The average Bonchev–Trinajstić information content (AvgIpc) is 2.94. The Morgan fingerprint density at radius 3 is 2.55 bits per heavy atom. The molecule has 148 valence electrons. The van der Waals surface area contributed by atoms with Crippen molar-refractivity contribution in [3.05, 3.63) is 53.0 Å². The monoisotopic (exact) mass is 392 g/mol. The van der Waals surface area contributed by atoms with E-state index in [1.807, 2.05) is 26.0 Å². The molecule has 0 aliphatic heterocycles. The fourth-order valence-electron chi connectivity index (χ4n) is 3.90. The van der Waals surface area contributed by atoms with Crippen LogP contribution in [0.1, 0.15) is 35.4 Å². The normalized spacial score (nSPS) is 18.6. The highest BCUT2D eigenvalue weighted by Gasteiger charge is 2.43. The number of Topliss-reactive ketones (excluding diaryl/α,β-unsaturated/α-hetero) is 2. The van der Waals surface area contributed by atoms with E-state index in [0.29, 0.717) is 11.3 Å². The molecule has 0 spiro atoms. The van der Waals surface area contributed by atoms with Gasteiger partial charge in [0.1, 0.15) is 17.5 Å². The summed E-state index contributed by atoms with van der Waals surface area (Å²) in [5.41, 5.74) is 3.64. The van der Waals surface area contributed by atoms with Gasteiger partial charge in [0.05, 0.1) is 18.4 Å². The first-order valence-electron chi connectivity index (χ1n) is 9.31. The predicted octanol–water partition coefficient (Wildman–Crippen LogP) is 2.89. The van der Waals surface area contributed by atoms with E-state index in [9.17, 15) is 18.8 Å². The molecule has 0 saturated heterocycles. The second-order valence-electron chi connectivity index (χ2n) is 7.27. The van der Waals surface area contributed by atoms with Crippen molar-refractivity contribution in [3.8, 4) is 23.6 Å². The highest BCUT2D eigenvalue weighted by atomic mass is 19.1. The Hall–Kier alpha value is -3.33. The van der Waals surface area contributed by atoms with Crippen LogP contribution in [-0.2, 0) is 14.4 Å². The summed E-state index contributed by atoms with van der Waals surface area (Å²) in [6.45, 7) is 3.76. The highest BCUT2D eigenvalue weighted by molar-refractivity contribution is 6.15. The first-order valence-corrected chi connectivity index (χ1v) is 9.31. The first kappa shape index (κ1) is 20.4. The highest BCUT2D eigenvalue weighted by Crippen LogP contribution is 2.38. The number of hydrogen-bond acceptors (Lipinski definition) is 4. The van der Waals surface area contributed by atoms with Crippen molar-refractivity contribution in [3.63, 3.8) is 0 Å². The van der Waals surface area contributed by atoms with E-state index in [4.69, 9.17) is 6.42 Å². The average molecular weight is 392 g/mol. The van der Waals surface area contributed by atoms with Gasteiger partial charge in [0.2, 0.25) is 5.91 Å². The summed E-state index contributed by atoms with van der Waals surface area (Å²) in [6.07, 6.45) is 6.27. The van der Waals surface area contributed by atoms with E-state index < -0.39 is 17.7 Å². The molecule has 3 rings (SSSR count). The number of nitrogens with zero attached hydrogens (tertiary/aromatic N) is 1. The Morgan fingerprint density at radius 1 is 1.28 bits per heavy atom. The fourth-order valence-corrected chi connectivity index (χ4v) is 3.90. The zero-order valence-corrected chi connectivity index (χ0v) is 16.3. The van der Waals surface area contributed by atoms with Crippen LogP contribution in [0, 0.1) is 37.9 Å². The molecule has 0 bridgehead atoms. The first-order chi connectivity index (χ1) is 13.8. The molecule has 1 heterocycles. The number of hydrogen-bond donors (Lipinski definition) is 1. The summed E-state index contributed by atoms with van der Waals surface area (Å²) >= 11 is 0. The number of terminal acetylenes is 1. The summed E-state index contributed by atoms with van der Waals surface area (Å²) in [4.78, 5) is 41.6. The molecule has 1 N–H and O–H groups in total. The molecular weight excluding hydrogens is 371 g/mol. The van der Waals surface area contributed by atoms with Gasteiger partial charge in [0.15, 0.2) is 5.78 Å². The van der Waals surface area contributed by atoms with E-state index in [0.717, 1.165) is 22.9 Å². The molecule has 6 heteroatoms. The summed E-state index contributed by atoms with van der Waals surface area (Å²) < 4.78 is 13.1. The number of aromatic nitrogens is 1. The van der Waals surface area contributed by atoms with Crippen LogP contribution in [0.5, 0.6) is 0 Å². The lowest BCUT2D eigenvalue weighted by molar-refractivity contribution is -0.128. The molecule has 1 aliphatic rings. The van der Waals surface area contributed by atoms with Gasteiger partial charge in [0, 0.05) is 24.3 Å². The lowest BCUT2D eigenvalue weighted by Gasteiger charge is -2.17. The van der Waals surface area contributed by atoms with Gasteiger partial charge in [-0.05, 0) is 54.8 Å². The second kappa shape index (κ2) is 8.36. The van der Waals surface area contributed by atoms with Crippen molar-refractivity contribution >= 4 is 17.5 Å². The van der Waals surface area contributed by atoms with Crippen molar-refractivity contribution in [1.29, 1.82) is 0 Å². The molecule has 1 saturated carbocycles. The molecule has 1 aromatic heterocycles. The van der Waals surface area contributed by atoms with Crippen LogP contribution >= 0.6 is 0 Å². The standard InChI is InChI=1S/C23H21FN2O3/c1-4-7-25-20(28)11-16-10-19(27)22(23(16)29)21-13(2)8-15(9-14(21)3)18-6-5-17(24)12-26-18/h1,5-6,8-9,12,16,22H,7,10-11H2,2-3H3,(H,25,28). The third-order valence-corrected chi connectivity index (χ3v) is 5.18. The van der Waals surface area contributed by atoms with Gasteiger partial charge >= 0.3 is 0 Å². The molecule has 5 nitrogen and oxygen atoms in total. The largest absolute Gasteiger partial charge is 0.345 e. The predicted molar refractivity (Wildman–Crippen MR) is 106 cm³/mol. The molecule has 1 amide bonds. The summed E-state index contributed by atoms with van der Waals surface area (Å²) in [5, 5.41) is 2.53. The quantitative estimate of drug-likeness (QED) is 0.627. The van der Waals surface area contributed by atoms with Gasteiger partial charge < -0.3 is 5.32 Å². The maximum absolute atomic E-state index is 13.1. The summed E-state index contributed by atoms with van der Waals surface area (Å²) in [5.74, 6) is -0.356. The number of halogens is 1. The minimum absolute atomic E-state index is 0.0432. The van der Waals surface area contributed by atoms with Crippen molar-refractivity contribution < 1.29 is 18.8 Å². The molecule has 2 aromatic rings. The maximum Gasteiger partial charge on any atom is 0.221 e. The van der Waals surface area contributed by atoms with Crippen molar-refractivity contribution in [2.75, 3.05) is 6.54 Å². The number of pyridine rings is 1. The molecule has 2 unspecified atom stereocenters. The van der Waals surface area contributed by atoms with Gasteiger partial charge in [-0.25, -0.2) is 4.39 Å². The Bertz CT molecular complexity index is 998. The van der Waals surface area contributed by atoms with Crippen LogP contribution in [0.25, 0.3) is 11.3 Å². The van der Waals surface area contributed by atoms with E-state index in [1.54, 1.807) is 6.07 Å². The lowest BCUT2D eigenvalue weighted by atomic mass is 9.85. The molecule has 1 fully saturated rings. The van der Waals surface area contributed by atoms with E-state index >= 15 is 0 Å². The van der Waals surface area contributed by atoms with Crippen molar-refractivity contribution in [2.24, 2.45) is 5.92 Å². The van der Waals surface area contributed by atoms with E-state index in [2.05, 4.69) is 16.2 Å².